The van der Waals surface area contributed by atoms with Crippen molar-refractivity contribution in [2.24, 2.45) is 0 Å². The van der Waals surface area contributed by atoms with Gasteiger partial charge in [-0.05, 0) is 234 Å². The van der Waals surface area contributed by atoms with E-state index in [4.69, 9.17) is 0 Å². The summed E-state index contributed by atoms with van der Waals surface area (Å²) in [6, 6.07) is 141. The minimum absolute atomic E-state index is 1.14. The first-order valence-electron chi connectivity index (χ1n) is 42.2. The van der Waals surface area contributed by atoms with E-state index in [1.165, 1.54) is 245 Å². The maximum absolute atomic E-state index is 3.74. The average molecular weight is 2240 g/mol. The molecule has 0 fully saturated rings. The first-order valence-corrected chi connectivity index (χ1v) is 53.5. The monoisotopic (exact) mass is 2230 g/mol. The Balaban J connectivity index is 0.0000000865. The fourth-order valence-corrected chi connectivity index (χ4v) is 30.2. The number of halogens is 7. The van der Waals surface area contributed by atoms with Gasteiger partial charge in [0.2, 0.25) is 0 Å². The van der Waals surface area contributed by atoms with Crippen LogP contribution >= 0.6 is 191 Å². The molecular weight excluding hydrogens is 2180 g/mol. The summed E-state index contributed by atoms with van der Waals surface area (Å²) in [4.78, 5) is 0. The van der Waals surface area contributed by atoms with Crippen LogP contribution in [0.2, 0.25) is 0 Å². The Kier molecular flexibility index (Phi) is 23.1. The second-order valence-corrected chi connectivity index (χ2v) is 45.6. The molecule has 22 aromatic carbocycles. The van der Waals surface area contributed by atoms with Crippen LogP contribution in [0.4, 0.5) is 0 Å². The molecule has 0 aliphatic rings. The molecule has 0 amide bonds. The summed E-state index contributed by atoms with van der Waals surface area (Å²) in [5.41, 5.74) is 0. The molecule has 29 rings (SSSR count). The quantitative estimate of drug-likeness (QED) is 0.142. The highest BCUT2D eigenvalue weighted by Gasteiger charge is 2.18. The third-order valence-electron chi connectivity index (χ3n) is 24.3. The normalized spacial score (nSPS) is 11.7. The van der Waals surface area contributed by atoms with Gasteiger partial charge in [0, 0.05) is 178 Å². The van der Waals surface area contributed by atoms with Gasteiger partial charge in [0.25, 0.3) is 0 Å². The zero-order valence-corrected chi connectivity index (χ0v) is 85.3. The lowest BCUT2D eigenvalue weighted by Crippen LogP contribution is -1.75. The number of thiophene rings is 7. The van der Waals surface area contributed by atoms with Crippen molar-refractivity contribution in [3.05, 3.63) is 426 Å². The van der Waals surface area contributed by atoms with Crippen LogP contribution in [-0.4, -0.2) is 0 Å². The molecule has 0 unspecified atom stereocenters. The lowest BCUT2D eigenvalue weighted by atomic mass is 10.0. The number of benzene rings is 22. The molecule has 130 heavy (non-hydrogen) atoms. The van der Waals surface area contributed by atoms with Gasteiger partial charge in [-0.3, -0.25) is 0 Å². The van der Waals surface area contributed by atoms with Gasteiger partial charge in [-0.15, -0.1) is 79.4 Å². The van der Waals surface area contributed by atoms with Crippen molar-refractivity contribution in [2.45, 2.75) is 0 Å². The highest BCUT2D eigenvalue weighted by Crippen LogP contribution is 2.49. The van der Waals surface area contributed by atoms with Crippen molar-refractivity contribution in [3.63, 3.8) is 0 Å². The van der Waals surface area contributed by atoms with Crippen LogP contribution in [0, 0.1) is 0 Å². The average Bonchev–Trinajstić information content (AvgIpc) is 1.58. The zero-order chi connectivity index (χ0) is 87.4. The van der Waals surface area contributed by atoms with Gasteiger partial charge in [0.05, 0.1) is 0 Å². The predicted octanol–water partition coefficient (Wildman–Crippen LogP) is 42.9. The molecule has 0 spiro atoms. The van der Waals surface area contributed by atoms with Gasteiger partial charge in [0.1, 0.15) is 0 Å². The fourth-order valence-electron chi connectivity index (χ4n) is 18.2. The summed E-state index contributed by atoms with van der Waals surface area (Å²) >= 11 is 38.5. The Morgan fingerprint density at radius 1 is 0.123 bits per heavy atom. The lowest BCUT2D eigenvalue weighted by molar-refractivity contribution is 1.77. The summed E-state index contributed by atoms with van der Waals surface area (Å²) in [5, 5.41) is 40.1. The van der Waals surface area contributed by atoms with Gasteiger partial charge in [-0.2, -0.15) is 0 Å². The van der Waals surface area contributed by atoms with Crippen LogP contribution in [-0.2, 0) is 0 Å². The molecule has 0 atom stereocenters. The van der Waals surface area contributed by atoms with E-state index < -0.39 is 0 Å². The first kappa shape index (κ1) is 84.1. The van der Waals surface area contributed by atoms with E-state index in [2.05, 4.69) is 506 Å². The smallest absolute Gasteiger partial charge is 0.0497 e. The Bertz CT molecular complexity index is 9510. The third kappa shape index (κ3) is 15.7. The van der Waals surface area contributed by atoms with Crippen molar-refractivity contribution < 1.29 is 0 Å². The molecular formula is C116H65Br7S7. The van der Waals surface area contributed by atoms with Gasteiger partial charge in [-0.25, -0.2) is 0 Å². The van der Waals surface area contributed by atoms with Crippen molar-refractivity contribution >= 4 is 418 Å². The van der Waals surface area contributed by atoms with Gasteiger partial charge in [0.15, 0.2) is 0 Å². The number of fused-ring (bicyclic) bond motifs is 35. The fraction of sp³-hybridized carbons (Fsp3) is 0. The lowest BCUT2D eigenvalue weighted by Gasteiger charge is -2.02. The first-order chi connectivity index (χ1) is 63.8. The van der Waals surface area contributed by atoms with E-state index in [9.17, 15) is 0 Å². The summed E-state index contributed by atoms with van der Waals surface area (Å²) in [5.74, 6) is 0. The minimum Gasteiger partial charge on any atom is -0.135 e. The van der Waals surface area contributed by atoms with E-state index >= 15 is 0 Å². The molecule has 0 saturated heterocycles. The van der Waals surface area contributed by atoms with Gasteiger partial charge in [-0.1, -0.05) is 353 Å². The third-order valence-corrected chi connectivity index (χ3v) is 37.2. The molecule has 0 bridgehead atoms. The second kappa shape index (κ2) is 35.7. The van der Waals surface area contributed by atoms with Crippen LogP contribution in [0.25, 0.3) is 227 Å². The molecule has 0 nitrogen and oxygen atoms in total. The minimum atomic E-state index is 1.14. The number of hydrogen-bond acceptors (Lipinski definition) is 7. The molecule has 29 aromatic rings. The SMILES string of the molecule is Brc1cc2c3ccc4ccccc4c3sc2c2ccccc12.Brc1ccc2c(c1)sc1ccc3ccccc3c12.Brc1ccc2sc3cc4ccccc4cc3c2c1.Brc1ccc2sc3ccc4ccccc4c3c2c1.Brc1cccc2c1sc1cc3ccccc3cc12.Brc1cccc2c1sc1ccc3ccccc3c12.Brc1cccc2sc3c4ccccc4ccc3c12. The zero-order valence-electron chi connectivity index (χ0n) is 68.5. The summed E-state index contributed by atoms with van der Waals surface area (Å²) in [6.07, 6.45) is 0. The Labute approximate surface area is 833 Å². The van der Waals surface area contributed by atoms with Crippen LogP contribution in [0.3, 0.4) is 0 Å². The standard InChI is InChI=1S/C20H11BrS.6C16H9BrS/c21-18-11-17-16-10-9-12-5-1-2-6-13(12)19(16)22-20(17)15-8-4-3-7-14(15)18;17-14-7-3-6-12-13-8-10-4-1-2-5-11(10)9-15(13)18-16(12)14;17-13-6-3-7-14-15(13)12-9-8-10-4-1-2-5-11(10)16(12)18-14;17-13-7-3-6-12-15-11-5-2-1-4-10(11)8-9-14(15)18-16(12)13;17-11-6-7-13-15(9-11)18-14-8-5-10-3-1-2-4-12(10)16(13)14;17-11-6-8-14-13(9-11)16-12-4-2-1-3-10(12)5-7-15(16)18-14;17-12-5-6-15-14(9-12)13-7-10-3-1-2-4-11(10)8-16(13)18-15/h1-11H;6*1-9H. The topological polar surface area (TPSA) is 0 Å². The van der Waals surface area contributed by atoms with Crippen LogP contribution < -0.4 is 0 Å². The molecule has 0 aliphatic carbocycles. The molecule has 14 heteroatoms. The summed E-state index contributed by atoms with van der Waals surface area (Å²) < 4.78 is 27.2. The summed E-state index contributed by atoms with van der Waals surface area (Å²) in [7, 11) is 0. The van der Waals surface area contributed by atoms with Crippen molar-refractivity contribution in [1.82, 2.24) is 0 Å². The molecule has 0 aliphatic heterocycles. The number of rotatable bonds is 0. The van der Waals surface area contributed by atoms with E-state index in [1.807, 2.05) is 79.4 Å². The molecule has 620 valence electrons. The van der Waals surface area contributed by atoms with Gasteiger partial charge < -0.3 is 0 Å². The number of hydrogen-bond donors (Lipinski definition) is 0. The molecule has 7 heterocycles. The molecule has 7 aromatic heterocycles. The van der Waals surface area contributed by atoms with Crippen molar-refractivity contribution in [3.8, 4) is 0 Å². The van der Waals surface area contributed by atoms with Crippen LogP contribution in [0.1, 0.15) is 0 Å². The van der Waals surface area contributed by atoms with E-state index in [1.54, 1.807) is 0 Å². The predicted molar refractivity (Wildman–Crippen MR) is 609 cm³/mol. The largest absolute Gasteiger partial charge is 0.135 e. The van der Waals surface area contributed by atoms with E-state index in [0.29, 0.717) is 0 Å². The van der Waals surface area contributed by atoms with E-state index in [-0.39, 0.29) is 0 Å². The highest BCUT2D eigenvalue weighted by atomic mass is 79.9. The van der Waals surface area contributed by atoms with Crippen molar-refractivity contribution in [2.75, 3.05) is 0 Å². The van der Waals surface area contributed by atoms with Gasteiger partial charge >= 0.3 is 0 Å². The maximum atomic E-state index is 3.74. The molecule has 0 N–H and O–H groups in total. The van der Waals surface area contributed by atoms with E-state index in [0.717, 1.165) is 13.4 Å². The Morgan fingerprint density at radius 3 is 1.02 bits per heavy atom. The molecule has 0 saturated carbocycles. The maximum Gasteiger partial charge on any atom is 0.0497 e. The van der Waals surface area contributed by atoms with Crippen molar-refractivity contribution in [1.29, 1.82) is 0 Å². The Hall–Kier alpha value is -10.2. The Morgan fingerprint density at radius 2 is 0.431 bits per heavy atom. The summed E-state index contributed by atoms with van der Waals surface area (Å²) in [6.45, 7) is 0. The highest BCUT2D eigenvalue weighted by molar-refractivity contribution is 9.11. The second-order valence-electron chi connectivity index (χ2n) is 32.0. The van der Waals surface area contributed by atoms with Crippen LogP contribution in [0.5, 0.6) is 0 Å². The van der Waals surface area contributed by atoms with Crippen LogP contribution in [0.15, 0.2) is 426 Å². The molecule has 0 radical (unpaired) electrons.